The molecule has 0 spiro atoms. The van der Waals surface area contributed by atoms with E-state index in [1.165, 1.54) is 24.8 Å². The number of rotatable bonds is 4. The van der Waals surface area contributed by atoms with Gasteiger partial charge in [0, 0.05) is 24.3 Å². The molecule has 2 unspecified atom stereocenters. The Morgan fingerprint density at radius 1 is 1.23 bits per heavy atom. The van der Waals surface area contributed by atoms with Crippen molar-refractivity contribution in [1.29, 1.82) is 0 Å². The lowest BCUT2D eigenvalue weighted by Gasteiger charge is -2.34. The number of hydrogen-bond acceptors (Lipinski definition) is 4. The summed E-state index contributed by atoms with van der Waals surface area (Å²) in [4.78, 5) is 11.6. The number of thiocarbonyl (C=S) groups is 1. The highest BCUT2D eigenvalue weighted by atomic mass is 32.1. The number of aromatic nitrogens is 2. The second-order valence-corrected chi connectivity index (χ2v) is 7.37. The summed E-state index contributed by atoms with van der Waals surface area (Å²) in [6.45, 7) is 7.39. The van der Waals surface area contributed by atoms with E-state index in [0.717, 1.165) is 18.1 Å². The average Bonchev–Trinajstić information content (AvgIpc) is 2.62. The van der Waals surface area contributed by atoms with E-state index in [1.807, 2.05) is 25.1 Å². The fourth-order valence-corrected chi connectivity index (χ4v) is 3.62. The number of hydrogen-bond donors (Lipinski definition) is 2. The molecule has 2 heterocycles. The fourth-order valence-electron chi connectivity index (χ4n) is 3.35. The standard InChI is InChI=1S/C20H27N5S/c1-14-13-18(25-12-8-7-9-15(25)2)23-19(21-14)24-20(26)22-16(3)17-10-5-4-6-11-17/h4-6,10-11,13,15-16H,7-9,12H2,1-3H3,(H2,21,22,23,24,26). The quantitative estimate of drug-likeness (QED) is 0.788. The van der Waals surface area contributed by atoms with Crippen molar-refractivity contribution in [2.75, 3.05) is 16.8 Å². The summed E-state index contributed by atoms with van der Waals surface area (Å²) in [5.74, 6) is 1.53. The number of aryl methyl sites for hydroxylation is 1. The molecule has 2 N–H and O–H groups in total. The van der Waals surface area contributed by atoms with Crippen LogP contribution in [0.15, 0.2) is 36.4 Å². The molecule has 0 bridgehead atoms. The first-order valence-electron chi connectivity index (χ1n) is 9.27. The predicted octanol–water partition coefficient (Wildman–Crippen LogP) is 4.21. The number of benzene rings is 1. The minimum atomic E-state index is 0.114. The van der Waals surface area contributed by atoms with Gasteiger partial charge in [-0.2, -0.15) is 4.98 Å². The summed E-state index contributed by atoms with van der Waals surface area (Å²) in [5, 5.41) is 6.98. The molecule has 26 heavy (non-hydrogen) atoms. The number of nitrogens with zero attached hydrogens (tertiary/aromatic N) is 3. The summed E-state index contributed by atoms with van der Waals surface area (Å²) in [5.41, 5.74) is 2.12. The normalized spacial score (nSPS) is 18.3. The molecule has 0 amide bonds. The molecular weight excluding hydrogens is 342 g/mol. The zero-order chi connectivity index (χ0) is 18.5. The summed E-state index contributed by atoms with van der Waals surface area (Å²) >= 11 is 5.46. The third-order valence-corrected chi connectivity index (χ3v) is 5.03. The van der Waals surface area contributed by atoms with Crippen LogP contribution in [0.25, 0.3) is 0 Å². The van der Waals surface area contributed by atoms with Gasteiger partial charge in [0.05, 0.1) is 6.04 Å². The minimum absolute atomic E-state index is 0.114. The van der Waals surface area contributed by atoms with Crippen molar-refractivity contribution in [3.63, 3.8) is 0 Å². The van der Waals surface area contributed by atoms with Gasteiger partial charge in [-0.15, -0.1) is 0 Å². The van der Waals surface area contributed by atoms with Crippen molar-refractivity contribution < 1.29 is 0 Å². The van der Waals surface area contributed by atoms with E-state index in [0.29, 0.717) is 17.1 Å². The predicted molar refractivity (Wildman–Crippen MR) is 112 cm³/mol. The van der Waals surface area contributed by atoms with Crippen molar-refractivity contribution in [3.05, 3.63) is 47.7 Å². The van der Waals surface area contributed by atoms with E-state index in [4.69, 9.17) is 17.2 Å². The van der Waals surface area contributed by atoms with Crippen LogP contribution in [0.1, 0.15) is 50.4 Å². The first kappa shape index (κ1) is 18.6. The summed E-state index contributed by atoms with van der Waals surface area (Å²) in [6.07, 6.45) is 3.71. The molecule has 1 aromatic heterocycles. The van der Waals surface area contributed by atoms with Crippen LogP contribution in [0.2, 0.25) is 0 Å². The van der Waals surface area contributed by atoms with Gasteiger partial charge >= 0.3 is 0 Å². The lowest BCUT2D eigenvalue weighted by Crippen LogP contribution is -2.38. The Hall–Kier alpha value is -2.21. The molecule has 2 aromatic rings. The summed E-state index contributed by atoms with van der Waals surface area (Å²) in [7, 11) is 0. The highest BCUT2D eigenvalue weighted by Gasteiger charge is 2.20. The van der Waals surface area contributed by atoms with Crippen molar-refractivity contribution in [1.82, 2.24) is 15.3 Å². The molecule has 2 atom stereocenters. The molecule has 0 radical (unpaired) electrons. The molecule has 0 aliphatic carbocycles. The molecule has 138 valence electrons. The van der Waals surface area contributed by atoms with Gasteiger partial charge in [0.25, 0.3) is 0 Å². The highest BCUT2D eigenvalue weighted by molar-refractivity contribution is 7.80. The molecule has 1 aliphatic rings. The molecular formula is C20H27N5S. The fraction of sp³-hybridized carbons (Fsp3) is 0.450. The van der Waals surface area contributed by atoms with Gasteiger partial charge in [0.15, 0.2) is 5.11 Å². The van der Waals surface area contributed by atoms with Crippen LogP contribution in [0, 0.1) is 6.92 Å². The Kier molecular flexibility index (Phi) is 6.04. The van der Waals surface area contributed by atoms with Crippen LogP contribution in [-0.4, -0.2) is 27.7 Å². The Morgan fingerprint density at radius 2 is 2.00 bits per heavy atom. The third-order valence-electron chi connectivity index (χ3n) is 4.81. The van der Waals surface area contributed by atoms with Gasteiger partial charge < -0.3 is 15.5 Å². The van der Waals surface area contributed by atoms with Crippen LogP contribution in [0.3, 0.4) is 0 Å². The maximum atomic E-state index is 5.46. The second-order valence-electron chi connectivity index (χ2n) is 6.96. The van der Waals surface area contributed by atoms with Gasteiger partial charge in [-0.25, -0.2) is 4.98 Å². The lowest BCUT2D eigenvalue weighted by molar-refractivity contribution is 0.481. The monoisotopic (exact) mass is 369 g/mol. The van der Waals surface area contributed by atoms with Gasteiger partial charge in [-0.05, 0) is 57.8 Å². The molecule has 1 aliphatic heterocycles. The lowest BCUT2D eigenvalue weighted by atomic mass is 10.0. The van der Waals surface area contributed by atoms with Gasteiger partial charge in [0.1, 0.15) is 5.82 Å². The van der Waals surface area contributed by atoms with Gasteiger partial charge in [-0.3, -0.25) is 0 Å². The molecule has 1 aromatic carbocycles. The maximum Gasteiger partial charge on any atom is 0.231 e. The number of piperidine rings is 1. The first-order chi connectivity index (χ1) is 12.5. The van der Waals surface area contributed by atoms with Crippen LogP contribution >= 0.6 is 12.2 Å². The zero-order valence-corrected chi connectivity index (χ0v) is 16.5. The molecule has 1 fully saturated rings. The smallest absolute Gasteiger partial charge is 0.231 e. The van der Waals surface area contributed by atoms with Crippen molar-refractivity contribution in [2.45, 2.75) is 52.1 Å². The minimum Gasteiger partial charge on any atom is -0.356 e. The Morgan fingerprint density at radius 3 is 2.73 bits per heavy atom. The average molecular weight is 370 g/mol. The van der Waals surface area contributed by atoms with Crippen LogP contribution in [0.4, 0.5) is 11.8 Å². The molecule has 5 nitrogen and oxygen atoms in total. The first-order valence-corrected chi connectivity index (χ1v) is 9.68. The zero-order valence-electron chi connectivity index (χ0n) is 15.7. The van der Waals surface area contributed by atoms with E-state index < -0.39 is 0 Å². The van der Waals surface area contributed by atoms with Crippen LogP contribution in [-0.2, 0) is 0 Å². The Labute approximate surface area is 161 Å². The van der Waals surface area contributed by atoms with Gasteiger partial charge in [-0.1, -0.05) is 30.3 Å². The van der Waals surface area contributed by atoms with Crippen molar-refractivity contribution >= 4 is 29.1 Å². The van der Waals surface area contributed by atoms with E-state index in [9.17, 15) is 0 Å². The van der Waals surface area contributed by atoms with E-state index >= 15 is 0 Å². The largest absolute Gasteiger partial charge is 0.356 e. The SMILES string of the molecule is Cc1cc(N2CCCCC2C)nc(NC(=S)NC(C)c2ccccc2)n1. The molecule has 0 saturated carbocycles. The molecule has 1 saturated heterocycles. The summed E-state index contributed by atoms with van der Waals surface area (Å²) in [6, 6.07) is 12.9. The molecule has 3 rings (SSSR count). The Bertz CT molecular complexity index is 749. The van der Waals surface area contributed by atoms with E-state index in [-0.39, 0.29) is 6.04 Å². The van der Waals surface area contributed by atoms with Gasteiger partial charge in [0.2, 0.25) is 5.95 Å². The van der Waals surface area contributed by atoms with E-state index in [2.05, 4.69) is 52.6 Å². The summed E-state index contributed by atoms with van der Waals surface area (Å²) < 4.78 is 0. The van der Waals surface area contributed by atoms with Crippen LogP contribution in [0.5, 0.6) is 0 Å². The van der Waals surface area contributed by atoms with Crippen molar-refractivity contribution in [2.24, 2.45) is 0 Å². The third kappa shape index (κ3) is 4.69. The second kappa shape index (κ2) is 8.45. The highest BCUT2D eigenvalue weighted by Crippen LogP contribution is 2.24. The molecule has 6 heteroatoms. The Balaban J connectivity index is 1.68. The van der Waals surface area contributed by atoms with Crippen molar-refractivity contribution in [3.8, 4) is 0 Å². The maximum absolute atomic E-state index is 5.46. The topological polar surface area (TPSA) is 53.1 Å². The number of anilines is 2. The van der Waals surface area contributed by atoms with E-state index in [1.54, 1.807) is 0 Å². The van der Waals surface area contributed by atoms with Crippen LogP contribution < -0.4 is 15.5 Å². The number of nitrogens with one attached hydrogen (secondary N) is 2.